The second-order valence-electron chi connectivity index (χ2n) is 7.99. The number of carbonyl (C=O) groups excluding carboxylic acids is 2. The van der Waals surface area contributed by atoms with Gasteiger partial charge in [-0.3, -0.25) is 9.59 Å². The van der Waals surface area contributed by atoms with Crippen LogP contribution in [-0.2, 0) is 16.1 Å². The Morgan fingerprint density at radius 2 is 1.94 bits per heavy atom. The van der Waals surface area contributed by atoms with Gasteiger partial charge in [-0.1, -0.05) is 0 Å². The molecule has 0 spiro atoms. The van der Waals surface area contributed by atoms with Gasteiger partial charge in [0.1, 0.15) is 19.0 Å². The molecule has 1 unspecified atom stereocenters. The second kappa shape index (κ2) is 8.82. The van der Waals surface area contributed by atoms with E-state index < -0.39 is 5.92 Å². The molecular weight excluding hydrogens is 445 g/mol. The number of carbonyl (C=O) groups is 2. The molecule has 170 valence electrons. The van der Waals surface area contributed by atoms with Crippen LogP contribution in [0.1, 0.15) is 17.1 Å². The third-order valence-corrected chi connectivity index (χ3v) is 6.53. The van der Waals surface area contributed by atoms with Crippen LogP contribution in [0.3, 0.4) is 0 Å². The van der Waals surface area contributed by atoms with E-state index in [-0.39, 0.29) is 37.1 Å². The first-order valence-corrected chi connectivity index (χ1v) is 11.5. The summed E-state index contributed by atoms with van der Waals surface area (Å²) in [5.41, 5.74) is 1.99. The van der Waals surface area contributed by atoms with Crippen LogP contribution >= 0.6 is 11.3 Å². The fourth-order valence-corrected chi connectivity index (χ4v) is 4.71. The van der Waals surface area contributed by atoms with Crippen molar-refractivity contribution in [2.24, 2.45) is 5.92 Å². The van der Waals surface area contributed by atoms with Gasteiger partial charge in [0.05, 0.1) is 23.2 Å². The van der Waals surface area contributed by atoms with Crippen molar-refractivity contribution in [3.63, 3.8) is 0 Å². The normalized spacial score (nSPS) is 17.3. The number of ether oxygens (including phenoxy) is 2. The Hall–Kier alpha value is -3.46. The number of fused-ring (bicyclic) bond motifs is 1. The number of amides is 2. The molecule has 1 atom stereocenters. The molecule has 0 radical (unpaired) electrons. The number of hydrogen-bond donors (Lipinski definition) is 0. The standard InChI is InChI=1S/C24H22FN3O4S/c1-15-26-18(14-33-15)13-28(19-4-2-17(25)3-5-19)24(30)16-10-23(29)27(12-16)20-6-7-21-22(11-20)32-9-8-31-21/h2-7,11,14,16H,8-10,12-13H2,1H3. The van der Waals surface area contributed by atoms with Crippen molar-refractivity contribution >= 4 is 34.5 Å². The van der Waals surface area contributed by atoms with E-state index in [0.717, 1.165) is 10.7 Å². The molecule has 1 fully saturated rings. The maximum Gasteiger partial charge on any atom is 0.232 e. The molecule has 0 saturated carbocycles. The van der Waals surface area contributed by atoms with Crippen molar-refractivity contribution in [2.45, 2.75) is 19.9 Å². The van der Waals surface area contributed by atoms with Crippen LogP contribution in [0, 0.1) is 18.7 Å². The Morgan fingerprint density at radius 3 is 2.67 bits per heavy atom. The first kappa shape index (κ1) is 21.4. The van der Waals surface area contributed by atoms with Crippen LogP contribution in [0.2, 0.25) is 0 Å². The minimum absolute atomic E-state index is 0.0983. The van der Waals surface area contributed by atoms with Crippen LogP contribution in [0.15, 0.2) is 47.8 Å². The zero-order chi connectivity index (χ0) is 22.9. The molecule has 7 nitrogen and oxygen atoms in total. The first-order chi connectivity index (χ1) is 16.0. The van der Waals surface area contributed by atoms with Gasteiger partial charge in [0, 0.05) is 35.8 Å². The SMILES string of the molecule is Cc1nc(CN(C(=O)C2CC(=O)N(c3ccc4c(c3)OCCO4)C2)c2ccc(F)cc2)cs1. The molecule has 1 aromatic heterocycles. The Morgan fingerprint density at radius 1 is 1.18 bits per heavy atom. The highest BCUT2D eigenvalue weighted by atomic mass is 32.1. The quantitative estimate of drug-likeness (QED) is 0.568. The van der Waals surface area contributed by atoms with Gasteiger partial charge in [0.2, 0.25) is 11.8 Å². The van der Waals surface area contributed by atoms with E-state index in [1.165, 1.54) is 23.5 Å². The van der Waals surface area contributed by atoms with Crippen LogP contribution in [-0.4, -0.2) is 36.6 Å². The number of thiazole rings is 1. The summed E-state index contributed by atoms with van der Waals surface area (Å²) < 4.78 is 24.7. The average molecular weight is 468 g/mol. The number of aromatic nitrogens is 1. The van der Waals surface area contributed by atoms with E-state index in [4.69, 9.17) is 9.47 Å². The van der Waals surface area contributed by atoms with Gasteiger partial charge in [-0.15, -0.1) is 11.3 Å². The summed E-state index contributed by atoms with van der Waals surface area (Å²) in [5, 5.41) is 2.80. The molecule has 2 amide bonds. The molecule has 2 aliphatic rings. The van der Waals surface area contributed by atoms with Crippen molar-refractivity contribution in [1.82, 2.24) is 4.98 Å². The molecule has 0 aliphatic carbocycles. The highest BCUT2D eigenvalue weighted by molar-refractivity contribution is 7.09. The lowest BCUT2D eigenvalue weighted by atomic mass is 10.1. The van der Waals surface area contributed by atoms with Gasteiger partial charge in [-0.2, -0.15) is 0 Å². The minimum atomic E-state index is -0.532. The summed E-state index contributed by atoms with van der Waals surface area (Å²) >= 11 is 1.50. The predicted octanol–water partition coefficient (Wildman–Crippen LogP) is 3.95. The molecule has 3 heterocycles. The maximum absolute atomic E-state index is 13.6. The van der Waals surface area contributed by atoms with Crippen LogP contribution in [0.25, 0.3) is 0 Å². The zero-order valence-corrected chi connectivity index (χ0v) is 18.8. The number of halogens is 1. The fraction of sp³-hybridized carbons (Fsp3) is 0.292. The van der Waals surface area contributed by atoms with E-state index in [2.05, 4.69) is 4.98 Å². The molecular formula is C24H22FN3O4S. The number of anilines is 2. The summed E-state index contributed by atoms with van der Waals surface area (Å²) in [6.45, 7) is 3.35. The van der Waals surface area contributed by atoms with Crippen molar-refractivity contribution in [3.8, 4) is 11.5 Å². The number of aryl methyl sites for hydroxylation is 1. The summed E-state index contributed by atoms with van der Waals surface area (Å²) in [5.74, 6) is -0.000289. The van der Waals surface area contributed by atoms with E-state index in [1.54, 1.807) is 40.1 Å². The van der Waals surface area contributed by atoms with Crippen LogP contribution < -0.4 is 19.3 Å². The van der Waals surface area contributed by atoms with Gasteiger partial charge in [0.15, 0.2) is 11.5 Å². The molecule has 0 N–H and O–H groups in total. The zero-order valence-electron chi connectivity index (χ0n) is 18.0. The number of nitrogens with zero attached hydrogens (tertiary/aromatic N) is 3. The van der Waals surface area contributed by atoms with Crippen molar-refractivity contribution in [3.05, 3.63) is 64.4 Å². The molecule has 2 aromatic carbocycles. The average Bonchev–Trinajstić information content (AvgIpc) is 3.42. The summed E-state index contributed by atoms with van der Waals surface area (Å²) in [6.07, 6.45) is 0.0983. The minimum Gasteiger partial charge on any atom is -0.486 e. The number of rotatable bonds is 5. The van der Waals surface area contributed by atoms with Crippen molar-refractivity contribution in [2.75, 3.05) is 29.6 Å². The lowest BCUT2D eigenvalue weighted by Gasteiger charge is -2.25. The van der Waals surface area contributed by atoms with Gasteiger partial charge < -0.3 is 19.3 Å². The van der Waals surface area contributed by atoms with Gasteiger partial charge in [-0.25, -0.2) is 9.37 Å². The molecule has 9 heteroatoms. The van der Waals surface area contributed by atoms with Crippen LogP contribution in [0.5, 0.6) is 11.5 Å². The number of benzene rings is 2. The van der Waals surface area contributed by atoms with E-state index >= 15 is 0 Å². The second-order valence-corrected chi connectivity index (χ2v) is 9.05. The summed E-state index contributed by atoms with van der Waals surface area (Å²) in [6, 6.07) is 11.1. The highest BCUT2D eigenvalue weighted by Crippen LogP contribution is 2.36. The molecule has 2 aliphatic heterocycles. The maximum atomic E-state index is 13.6. The Labute approximate surface area is 194 Å². The number of hydrogen-bond acceptors (Lipinski definition) is 6. The fourth-order valence-electron chi connectivity index (χ4n) is 4.10. The van der Waals surface area contributed by atoms with Gasteiger partial charge >= 0.3 is 0 Å². The van der Waals surface area contributed by atoms with E-state index in [0.29, 0.717) is 36.1 Å². The lowest BCUT2D eigenvalue weighted by Crippen LogP contribution is -2.37. The smallest absolute Gasteiger partial charge is 0.232 e. The third kappa shape index (κ3) is 4.41. The molecule has 33 heavy (non-hydrogen) atoms. The van der Waals surface area contributed by atoms with Gasteiger partial charge in [-0.05, 0) is 43.3 Å². The molecule has 3 aromatic rings. The van der Waals surface area contributed by atoms with E-state index in [1.807, 2.05) is 12.3 Å². The molecule has 5 rings (SSSR count). The van der Waals surface area contributed by atoms with Crippen molar-refractivity contribution in [1.29, 1.82) is 0 Å². The molecule has 1 saturated heterocycles. The third-order valence-electron chi connectivity index (χ3n) is 5.70. The van der Waals surface area contributed by atoms with E-state index in [9.17, 15) is 14.0 Å². The Balaban J connectivity index is 1.39. The topological polar surface area (TPSA) is 72.0 Å². The Bertz CT molecular complexity index is 1200. The lowest BCUT2D eigenvalue weighted by molar-refractivity contribution is -0.124. The largest absolute Gasteiger partial charge is 0.486 e. The van der Waals surface area contributed by atoms with Crippen LogP contribution in [0.4, 0.5) is 15.8 Å². The monoisotopic (exact) mass is 467 g/mol. The molecule has 0 bridgehead atoms. The Kier molecular flexibility index (Phi) is 5.72. The highest BCUT2D eigenvalue weighted by Gasteiger charge is 2.38. The summed E-state index contributed by atoms with van der Waals surface area (Å²) in [4.78, 5) is 34.1. The van der Waals surface area contributed by atoms with Gasteiger partial charge in [0.25, 0.3) is 0 Å². The predicted molar refractivity (Wildman–Crippen MR) is 122 cm³/mol. The first-order valence-electron chi connectivity index (χ1n) is 10.7. The summed E-state index contributed by atoms with van der Waals surface area (Å²) in [7, 11) is 0. The van der Waals surface area contributed by atoms with Crippen molar-refractivity contribution < 1.29 is 23.5 Å².